The first kappa shape index (κ1) is 20.1. The van der Waals surface area contributed by atoms with Crippen LogP contribution < -0.4 is 9.47 Å². The fourth-order valence-corrected chi connectivity index (χ4v) is 3.63. The van der Waals surface area contributed by atoms with Crippen LogP contribution in [-0.2, 0) is 9.59 Å². The zero-order valence-electron chi connectivity index (χ0n) is 17.1. The highest BCUT2D eigenvalue weighted by Crippen LogP contribution is 2.33. The van der Waals surface area contributed by atoms with Crippen molar-refractivity contribution in [2.24, 2.45) is 11.8 Å². The summed E-state index contributed by atoms with van der Waals surface area (Å²) < 4.78 is 11.2. The van der Waals surface area contributed by atoms with Crippen LogP contribution in [0.4, 0.5) is 0 Å². The zero-order chi connectivity index (χ0) is 20.3. The molecule has 3 rings (SSSR count). The van der Waals surface area contributed by atoms with Gasteiger partial charge >= 0.3 is 11.9 Å². The molecule has 0 radical (unpaired) electrons. The lowest BCUT2D eigenvalue weighted by Gasteiger charge is -2.28. The highest BCUT2D eigenvalue weighted by molar-refractivity contribution is 5.84. The van der Waals surface area contributed by atoms with Crippen LogP contribution in [0.2, 0.25) is 0 Å². The van der Waals surface area contributed by atoms with Gasteiger partial charge in [-0.1, -0.05) is 25.0 Å². The van der Waals surface area contributed by atoms with Gasteiger partial charge in [-0.05, 0) is 87.1 Å². The van der Waals surface area contributed by atoms with Crippen LogP contribution >= 0.6 is 0 Å². The SMILES string of the molecule is Cc1ccc(OC(=O)C2CCCCC2C(=O)Oc2ccc(C)c(C)c2)cc1C. The number of ether oxygens (including phenoxy) is 2. The largest absolute Gasteiger partial charge is 0.426 e. The molecule has 0 heterocycles. The monoisotopic (exact) mass is 380 g/mol. The minimum Gasteiger partial charge on any atom is -0.426 e. The van der Waals surface area contributed by atoms with Crippen molar-refractivity contribution in [1.29, 1.82) is 0 Å². The normalized spacial score (nSPS) is 19.1. The Balaban J connectivity index is 1.71. The summed E-state index contributed by atoms with van der Waals surface area (Å²) in [7, 11) is 0. The lowest BCUT2D eigenvalue weighted by atomic mass is 9.79. The summed E-state index contributed by atoms with van der Waals surface area (Å²) in [6.45, 7) is 8.00. The van der Waals surface area contributed by atoms with E-state index in [2.05, 4.69) is 0 Å². The van der Waals surface area contributed by atoms with Crippen LogP contribution in [0.1, 0.15) is 47.9 Å². The van der Waals surface area contributed by atoms with Crippen LogP contribution in [0.3, 0.4) is 0 Å². The summed E-state index contributed by atoms with van der Waals surface area (Å²) >= 11 is 0. The number of carbonyl (C=O) groups is 2. The molecule has 148 valence electrons. The zero-order valence-corrected chi connectivity index (χ0v) is 17.1. The minimum atomic E-state index is -0.464. The second-order valence-electron chi connectivity index (χ2n) is 7.83. The van der Waals surface area contributed by atoms with E-state index in [9.17, 15) is 9.59 Å². The third-order valence-corrected chi connectivity index (χ3v) is 5.77. The molecule has 4 nitrogen and oxygen atoms in total. The van der Waals surface area contributed by atoms with E-state index in [1.165, 1.54) is 0 Å². The Morgan fingerprint density at radius 3 is 1.43 bits per heavy atom. The molecule has 1 aliphatic rings. The molecule has 0 N–H and O–H groups in total. The topological polar surface area (TPSA) is 52.6 Å². The maximum Gasteiger partial charge on any atom is 0.315 e. The molecule has 2 atom stereocenters. The number of esters is 2. The van der Waals surface area contributed by atoms with E-state index >= 15 is 0 Å². The third kappa shape index (κ3) is 4.61. The summed E-state index contributed by atoms with van der Waals surface area (Å²) in [5, 5.41) is 0. The van der Waals surface area contributed by atoms with Crippen molar-refractivity contribution >= 4 is 11.9 Å². The molecule has 1 aliphatic carbocycles. The second kappa shape index (κ2) is 8.59. The van der Waals surface area contributed by atoms with Gasteiger partial charge in [0.05, 0.1) is 11.8 Å². The number of rotatable bonds is 4. The van der Waals surface area contributed by atoms with Gasteiger partial charge in [0, 0.05) is 0 Å². The fraction of sp³-hybridized carbons (Fsp3) is 0.417. The molecule has 0 bridgehead atoms. The molecule has 4 heteroatoms. The number of aryl methyl sites for hydroxylation is 4. The summed E-state index contributed by atoms with van der Waals surface area (Å²) in [6, 6.07) is 11.2. The van der Waals surface area contributed by atoms with E-state index in [0.717, 1.165) is 35.1 Å². The number of hydrogen-bond acceptors (Lipinski definition) is 4. The number of benzene rings is 2. The molecule has 0 saturated heterocycles. The Kier molecular flexibility index (Phi) is 6.18. The smallest absolute Gasteiger partial charge is 0.315 e. The quantitative estimate of drug-likeness (QED) is 0.538. The molecule has 0 amide bonds. The second-order valence-corrected chi connectivity index (χ2v) is 7.83. The summed E-state index contributed by atoms with van der Waals surface area (Å²) in [5.74, 6) is -0.557. The Morgan fingerprint density at radius 1 is 0.679 bits per heavy atom. The molecule has 2 aromatic carbocycles. The van der Waals surface area contributed by atoms with Gasteiger partial charge in [-0.2, -0.15) is 0 Å². The summed E-state index contributed by atoms with van der Waals surface area (Å²) in [5.41, 5.74) is 4.43. The van der Waals surface area contributed by atoms with E-state index in [0.29, 0.717) is 24.3 Å². The van der Waals surface area contributed by atoms with Gasteiger partial charge in [0.2, 0.25) is 0 Å². The third-order valence-electron chi connectivity index (χ3n) is 5.77. The van der Waals surface area contributed by atoms with Crippen molar-refractivity contribution in [3.63, 3.8) is 0 Å². The molecule has 1 fully saturated rings. The predicted molar refractivity (Wildman–Crippen MR) is 109 cm³/mol. The maximum atomic E-state index is 12.8. The molecule has 28 heavy (non-hydrogen) atoms. The van der Waals surface area contributed by atoms with E-state index in [1.807, 2.05) is 52.0 Å². The van der Waals surface area contributed by atoms with Crippen molar-refractivity contribution in [3.8, 4) is 11.5 Å². The number of hydrogen-bond donors (Lipinski definition) is 0. The molecule has 1 saturated carbocycles. The highest BCUT2D eigenvalue weighted by Gasteiger charge is 2.38. The standard InChI is InChI=1S/C24H28O4/c1-15-9-11-19(13-17(15)3)27-23(25)21-7-5-6-8-22(21)24(26)28-20-12-10-16(2)18(4)14-20/h9-14,21-22H,5-8H2,1-4H3. The molecular weight excluding hydrogens is 352 g/mol. The van der Waals surface area contributed by atoms with E-state index in [4.69, 9.17) is 9.47 Å². The van der Waals surface area contributed by atoms with Crippen molar-refractivity contribution in [3.05, 3.63) is 58.7 Å². The highest BCUT2D eigenvalue weighted by atomic mass is 16.5. The lowest BCUT2D eigenvalue weighted by Crippen LogP contribution is -2.37. The molecule has 2 unspecified atom stereocenters. The van der Waals surface area contributed by atoms with E-state index in [1.54, 1.807) is 12.1 Å². The van der Waals surface area contributed by atoms with Crippen molar-refractivity contribution < 1.29 is 19.1 Å². The maximum absolute atomic E-state index is 12.8. The Bertz CT molecular complexity index is 811. The van der Waals surface area contributed by atoms with E-state index in [-0.39, 0.29) is 11.9 Å². The molecule has 2 aromatic rings. The summed E-state index contributed by atoms with van der Waals surface area (Å²) in [4.78, 5) is 25.6. The first-order chi connectivity index (χ1) is 13.3. The first-order valence-corrected chi connectivity index (χ1v) is 9.93. The average Bonchev–Trinajstić information content (AvgIpc) is 2.67. The minimum absolute atomic E-state index is 0.343. The van der Waals surface area contributed by atoms with Crippen LogP contribution in [0.15, 0.2) is 36.4 Å². The van der Waals surface area contributed by atoms with Crippen molar-refractivity contribution in [1.82, 2.24) is 0 Å². The van der Waals surface area contributed by atoms with Gasteiger partial charge in [0.25, 0.3) is 0 Å². The van der Waals surface area contributed by atoms with Crippen LogP contribution in [0.25, 0.3) is 0 Å². The first-order valence-electron chi connectivity index (χ1n) is 9.93. The Hall–Kier alpha value is -2.62. The van der Waals surface area contributed by atoms with Gasteiger partial charge in [0.15, 0.2) is 0 Å². The van der Waals surface area contributed by atoms with Gasteiger partial charge in [-0.25, -0.2) is 0 Å². The molecule has 0 spiro atoms. The van der Waals surface area contributed by atoms with E-state index < -0.39 is 11.8 Å². The summed E-state index contributed by atoms with van der Waals surface area (Å²) in [6.07, 6.45) is 3.13. The predicted octanol–water partition coefficient (Wildman–Crippen LogP) is 5.24. The number of carbonyl (C=O) groups excluding carboxylic acids is 2. The molecular formula is C24H28O4. The van der Waals surface area contributed by atoms with Crippen molar-refractivity contribution in [2.45, 2.75) is 53.4 Å². The van der Waals surface area contributed by atoms with Gasteiger partial charge < -0.3 is 9.47 Å². The van der Waals surface area contributed by atoms with Crippen LogP contribution in [-0.4, -0.2) is 11.9 Å². The van der Waals surface area contributed by atoms with Gasteiger partial charge in [0.1, 0.15) is 11.5 Å². The average molecular weight is 380 g/mol. The van der Waals surface area contributed by atoms with Crippen LogP contribution in [0, 0.1) is 39.5 Å². The Labute approximate surface area is 166 Å². The fourth-order valence-electron chi connectivity index (χ4n) is 3.63. The van der Waals surface area contributed by atoms with Crippen LogP contribution in [0.5, 0.6) is 11.5 Å². The molecule has 0 aromatic heterocycles. The van der Waals surface area contributed by atoms with Gasteiger partial charge in [-0.15, -0.1) is 0 Å². The van der Waals surface area contributed by atoms with Gasteiger partial charge in [-0.3, -0.25) is 9.59 Å². The van der Waals surface area contributed by atoms with Crippen molar-refractivity contribution in [2.75, 3.05) is 0 Å². The lowest BCUT2D eigenvalue weighted by molar-refractivity contribution is -0.152. The molecule has 0 aliphatic heterocycles. The Morgan fingerprint density at radius 2 is 1.07 bits per heavy atom.